The standard InChI is InChI=1S/C22H22Br2/c1-20-8-3-9-21(2,11-10-20)22(20)18-12-14(23)4-6-16(18)17-7-5-15(24)13-19(17)22/h4-7,12-13H,3,8-11H2,1-2H3. The van der Waals surface area contributed by atoms with Crippen molar-refractivity contribution < 1.29 is 0 Å². The van der Waals surface area contributed by atoms with Crippen molar-refractivity contribution in [3.63, 3.8) is 0 Å². The summed E-state index contributed by atoms with van der Waals surface area (Å²) < 4.78 is 2.43. The summed E-state index contributed by atoms with van der Waals surface area (Å²) in [6.45, 7) is 5.14. The Morgan fingerprint density at radius 1 is 0.708 bits per heavy atom. The molecule has 0 radical (unpaired) electrons. The SMILES string of the molecule is CC12CCCC(C)(CC1)C21c2cc(Br)ccc2-c2ccc(Br)cc21. The number of hydrogen-bond acceptors (Lipinski definition) is 0. The first-order chi connectivity index (χ1) is 11.4. The van der Waals surface area contributed by atoms with Gasteiger partial charge in [0.05, 0.1) is 0 Å². The Morgan fingerprint density at radius 2 is 1.17 bits per heavy atom. The van der Waals surface area contributed by atoms with Crippen LogP contribution in [-0.2, 0) is 5.41 Å². The summed E-state index contributed by atoms with van der Waals surface area (Å²) in [5, 5.41) is 0. The molecule has 1 spiro atoms. The molecule has 2 fully saturated rings. The van der Waals surface area contributed by atoms with Gasteiger partial charge in [-0.1, -0.05) is 64.3 Å². The number of rotatable bonds is 0. The van der Waals surface area contributed by atoms with E-state index in [2.05, 4.69) is 82.1 Å². The largest absolute Gasteiger partial charge is 0.0584 e. The molecular formula is C22H22Br2. The van der Waals surface area contributed by atoms with Gasteiger partial charge in [-0.2, -0.15) is 0 Å². The fourth-order valence-electron chi connectivity index (χ4n) is 6.72. The topological polar surface area (TPSA) is 0 Å². The van der Waals surface area contributed by atoms with Gasteiger partial charge in [-0.25, -0.2) is 0 Å². The predicted octanol–water partition coefficient (Wildman–Crippen LogP) is 7.47. The lowest BCUT2D eigenvalue weighted by molar-refractivity contribution is 0.0562. The van der Waals surface area contributed by atoms with Crippen LogP contribution in [0.25, 0.3) is 11.1 Å². The van der Waals surface area contributed by atoms with Crippen molar-refractivity contribution in [1.29, 1.82) is 0 Å². The van der Waals surface area contributed by atoms with E-state index in [-0.39, 0.29) is 5.41 Å². The number of hydrogen-bond donors (Lipinski definition) is 0. The summed E-state index contributed by atoms with van der Waals surface area (Å²) in [4.78, 5) is 0. The van der Waals surface area contributed by atoms with Crippen LogP contribution in [-0.4, -0.2) is 0 Å². The molecule has 0 aromatic heterocycles. The lowest BCUT2D eigenvalue weighted by Gasteiger charge is -2.55. The Kier molecular flexibility index (Phi) is 3.10. The van der Waals surface area contributed by atoms with Gasteiger partial charge in [0.25, 0.3) is 0 Å². The highest BCUT2D eigenvalue weighted by Gasteiger charge is 2.69. The molecule has 2 bridgehead atoms. The average molecular weight is 446 g/mol. The van der Waals surface area contributed by atoms with Crippen molar-refractivity contribution in [2.75, 3.05) is 0 Å². The van der Waals surface area contributed by atoms with Crippen molar-refractivity contribution in [1.82, 2.24) is 0 Å². The van der Waals surface area contributed by atoms with Gasteiger partial charge in [-0.3, -0.25) is 0 Å². The zero-order chi connectivity index (χ0) is 16.7. The Hall–Kier alpha value is -0.600. The third kappa shape index (κ3) is 1.61. The molecule has 2 aromatic carbocycles. The van der Waals surface area contributed by atoms with E-state index in [1.165, 1.54) is 52.2 Å². The van der Waals surface area contributed by atoms with Crippen LogP contribution < -0.4 is 0 Å². The van der Waals surface area contributed by atoms with E-state index in [1.807, 2.05) is 0 Å². The number of halogens is 2. The predicted molar refractivity (Wildman–Crippen MR) is 107 cm³/mol. The Labute approximate surface area is 161 Å². The zero-order valence-corrected chi connectivity index (χ0v) is 17.4. The molecule has 3 aliphatic carbocycles. The van der Waals surface area contributed by atoms with Crippen molar-refractivity contribution in [3.05, 3.63) is 56.5 Å². The molecule has 124 valence electrons. The first-order valence-electron chi connectivity index (χ1n) is 9.02. The molecule has 5 rings (SSSR count). The highest BCUT2D eigenvalue weighted by Crippen LogP contribution is 2.76. The van der Waals surface area contributed by atoms with Crippen LogP contribution in [0.15, 0.2) is 45.3 Å². The maximum Gasteiger partial charge on any atom is 0.0323 e. The molecule has 2 aromatic rings. The van der Waals surface area contributed by atoms with E-state index in [4.69, 9.17) is 0 Å². The number of fused-ring (bicyclic) bond motifs is 3. The van der Waals surface area contributed by atoms with Gasteiger partial charge >= 0.3 is 0 Å². The molecule has 0 nitrogen and oxygen atoms in total. The quantitative estimate of drug-likeness (QED) is 0.394. The molecule has 3 aliphatic rings. The second kappa shape index (κ2) is 4.76. The second-order valence-corrected chi connectivity index (χ2v) is 10.4. The van der Waals surface area contributed by atoms with E-state index in [0.717, 1.165) is 0 Å². The first-order valence-corrected chi connectivity index (χ1v) is 10.6. The molecule has 0 N–H and O–H groups in total. The molecule has 2 saturated carbocycles. The first kappa shape index (κ1) is 15.6. The van der Waals surface area contributed by atoms with Gasteiger partial charge in [0.1, 0.15) is 0 Å². The minimum Gasteiger partial charge on any atom is -0.0584 e. The Bertz CT molecular complexity index is 797. The molecule has 0 aliphatic heterocycles. The summed E-state index contributed by atoms with van der Waals surface area (Å²) in [6.07, 6.45) is 6.77. The van der Waals surface area contributed by atoms with Crippen LogP contribution in [0.4, 0.5) is 0 Å². The van der Waals surface area contributed by atoms with E-state index in [9.17, 15) is 0 Å². The summed E-state index contributed by atoms with van der Waals surface area (Å²) in [5.74, 6) is 0. The normalized spacial score (nSPS) is 32.0. The zero-order valence-electron chi connectivity index (χ0n) is 14.3. The minimum absolute atomic E-state index is 0.163. The lowest BCUT2D eigenvalue weighted by atomic mass is 9.48. The summed E-state index contributed by atoms with van der Waals surface area (Å²) in [5.41, 5.74) is 6.96. The number of benzene rings is 2. The highest BCUT2D eigenvalue weighted by atomic mass is 79.9. The van der Waals surface area contributed by atoms with Gasteiger partial charge in [0.15, 0.2) is 0 Å². The molecule has 2 unspecified atom stereocenters. The molecule has 0 amide bonds. The Balaban J connectivity index is 1.96. The van der Waals surface area contributed by atoms with E-state index >= 15 is 0 Å². The maximum absolute atomic E-state index is 3.76. The molecule has 2 atom stereocenters. The average Bonchev–Trinajstić information content (AvgIpc) is 2.87. The van der Waals surface area contributed by atoms with Gasteiger partial charge in [-0.05, 0) is 83.0 Å². The van der Waals surface area contributed by atoms with Crippen LogP contribution in [0, 0.1) is 10.8 Å². The third-order valence-corrected chi connectivity index (χ3v) is 8.54. The molecule has 0 saturated heterocycles. The molecule has 0 heterocycles. The fourth-order valence-corrected chi connectivity index (χ4v) is 7.44. The smallest absolute Gasteiger partial charge is 0.0323 e. The van der Waals surface area contributed by atoms with Crippen LogP contribution in [0.5, 0.6) is 0 Å². The van der Waals surface area contributed by atoms with E-state index < -0.39 is 0 Å². The molecule has 2 heteroatoms. The summed E-state index contributed by atoms with van der Waals surface area (Å²) in [7, 11) is 0. The van der Waals surface area contributed by atoms with Crippen molar-refractivity contribution in [3.8, 4) is 11.1 Å². The van der Waals surface area contributed by atoms with E-state index in [0.29, 0.717) is 10.8 Å². The third-order valence-electron chi connectivity index (χ3n) is 7.56. The van der Waals surface area contributed by atoms with Crippen LogP contribution in [0.3, 0.4) is 0 Å². The van der Waals surface area contributed by atoms with Crippen LogP contribution in [0.1, 0.15) is 57.1 Å². The second-order valence-electron chi connectivity index (χ2n) is 8.60. The van der Waals surface area contributed by atoms with E-state index in [1.54, 1.807) is 11.1 Å². The van der Waals surface area contributed by atoms with Gasteiger partial charge < -0.3 is 0 Å². The van der Waals surface area contributed by atoms with Gasteiger partial charge in [0.2, 0.25) is 0 Å². The van der Waals surface area contributed by atoms with Crippen LogP contribution >= 0.6 is 31.9 Å². The molecule has 24 heavy (non-hydrogen) atoms. The Morgan fingerprint density at radius 3 is 1.62 bits per heavy atom. The summed E-state index contributed by atoms with van der Waals surface area (Å²) >= 11 is 7.52. The van der Waals surface area contributed by atoms with Crippen LogP contribution in [0.2, 0.25) is 0 Å². The highest BCUT2D eigenvalue weighted by molar-refractivity contribution is 9.10. The van der Waals surface area contributed by atoms with Crippen molar-refractivity contribution in [2.24, 2.45) is 10.8 Å². The molecular weight excluding hydrogens is 424 g/mol. The summed E-state index contributed by atoms with van der Waals surface area (Å²) in [6, 6.07) is 13.9. The van der Waals surface area contributed by atoms with Gasteiger partial charge in [0, 0.05) is 14.4 Å². The van der Waals surface area contributed by atoms with Crippen molar-refractivity contribution in [2.45, 2.75) is 51.4 Å². The van der Waals surface area contributed by atoms with Crippen molar-refractivity contribution >= 4 is 31.9 Å². The minimum atomic E-state index is 0.163. The maximum atomic E-state index is 3.76. The fraction of sp³-hybridized carbons (Fsp3) is 0.455. The lowest BCUT2D eigenvalue weighted by Crippen LogP contribution is -2.51. The van der Waals surface area contributed by atoms with Gasteiger partial charge in [-0.15, -0.1) is 0 Å². The monoisotopic (exact) mass is 444 g/mol.